The van der Waals surface area contributed by atoms with E-state index in [0.717, 1.165) is 49.9 Å². The number of benzene rings is 2. The molecule has 50 heavy (non-hydrogen) atoms. The highest BCUT2D eigenvalue weighted by Gasteiger charge is 2.02. The fourth-order valence-electron chi connectivity index (χ4n) is 5.22. The van der Waals surface area contributed by atoms with Crippen LogP contribution in [0.1, 0.15) is 114 Å². The van der Waals surface area contributed by atoms with Gasteiger partial charge in [0.05, 0.1) is 26.4 Å². The van der Waals surface area contributed by atoms with Crippen LogP contribution < -0.4 is 0 Å². The normalized spacial score (nSPS) is 11.7. The standard InChI is InChI=1S/C40H68N2O8/c1-41(29-21-11-7-3-5-9-13-23-31-47-49-35-39-25-17-15-18-26-39)45-37-43-33-34-44-38-46-42(2)30-22-12-8-4-6-10-14-24-32-48-50-36-40-27-19-16-20-28-40/h15-20,25-28H,3-14,21-24,29-38H2,1-2H3. The summed E-state index contributed by atoms with van der Waals surface area (Å²) in [6.45, 7) is 5.57. The van der Waals surface area contributed by atoms with Crippen molar-refractivity contribution in [1.82, 2.24) is 10.1 Å². The zero-order chi connectivity index (χ0) is 35.4. The lowest BCUT2D eigenvalue weighted by Gasteiger charge is -2.17. The van der Waals surface area contributed by atoms with Crippen molar-refractivity contribution in [2.45, 2.75) is 116 Å². The summed E-state index contributed by atoms with van der Waals surface area (Å²) in [5, 5.41) is 3.72. The molecule has 10 heteroatoms. The smallest absolute Gasteiger partial charge is 0.167 e. The number of hydrogen-bond acceptors (Lipinski definition) is 10. The molecule has 0 saturated carbocycles. The van der Waals surface area contributed by atoms with Gasteiger partial charge in [-0.3, -0.25) is 9.68 Å². The van der Waals surface area contributed by atoms with E-state index in [9.17, 15) is 0 Å². The van der Waals surface area contributed by atoms with E-state index in [-0.39, 0.29) is 13.6 Å². The van der Waals surface area contributed by atoms with Crippen LogP contribution in [0.2, 0.25) is 0 Å². The number of hydrogen-bond donors (Lipinski definition) is 0. The summed E-state index contributed by atoms with van der Waals surface area (Å²) >= 11 is 0. The summed E-state index contributed by atoms with van der Waals surface area (Å²) in [6, 6.07) is 20.2. The Balaban J connectivity index is 1.19. The highest BCUT2D eigenvalue weighted by molar-refractivity contribution is 5.13. The first-order valence-corrected chi connectivity index (χ1v) is 19.1. The van der Waals surface area contributed by atoms with Crippen LogP contribution in [0.25, 0.3) is 0 Å². The Kier molecular flexibility index (Phi) is 30.2. The molecule has 0 saturated heterocycles. The molecule has 10 nitrogen and oxygen atoms in total. The van der Waals surface area contributed by atoms with Gasteiger partial charge in [0.15, 0.2) is 13.6 Å². The molecule has 0 heterocycles. The molecule has 0 bridgehead atoms. The summed E-state index contributed by atoms with van der Waals surface area (Å²) in [6.07, 6.45) is 19.3. The molecule has 0 radical (unpaired) electrons. The zero-order valence-electron chi connectivity index (χ0n) is 31.3. The number of hydroxylamine groups is 4. The average Bonchev–Trinajstić information content (AvgIpc) is 3.14. The van der Waals surface area contributed by atoms with Crippen molar-refractivity contribution in [2.75, 3.05) is 67.2 Å². The lowest BCUT2D eigenvalue weighted by atomic mass is 10.1. The Morgan fingerprint density at radius 3 is 1.10 bits per heavy atom. The minimum absolute atomic E-state index is 0.236. The highest BCUT2D eigenvalue weighted by Crippen LogP contribution is 2.11. The maximum atomic E-state index is 5.62. The van der Waals surface area contributed by atoms with Crippen molar-refractivity contribution >= 4 is 0 Å². The van der Waals surface area contributed by atoms with Crippen molar-refractivity contribution in [3.05, 3.63) is 71.8 Å². The van der Waals surface area contributed by atoms with Crippen LogP contribution >= 0.6 is 0 Å². The van der Waals surface area contributed by atoms with E-state index in [0.29, 0.717) is 39.6 Å². The van der Waals surface area contributed by atoms with Gasteiger partial charge in [0.25, 0.3) is 0 Å². The van der Waals surface area contributed by atoms with Gasteiger partial charge in [-0.2, -0.15) is 10.1 Å². The van der Waals surface area contributed by atoms with Crippen molar-refractivity contribution in [2.24, 2.45) is 0 Å². The van der Waals surface area contributed by atoms with Crippen molar-refractivity contribution in [3.8, 4) is 0 Å². The van der Waals surface area contributed by atoms with E-state index < -0.39 is 0 Å². The third-order valence-corrected chi connectivity index (χ3v) is 8.29. The molecule has 0 unspecified atom stereocenters. The summed E-state index contributed by atoms with van der Waals surface area (Å²) in [4.78, 5) is 32.3. The van der Waals surface area contributed by atoms with Gasteiger partial charge >= 0.3 is 0 Å². The highest BCUT2D eigenvalue weighted by atomic mass is 17.2. The minimum Gasteiger partial charge on any atom is -0.351 e. The first kappa shape index (κ1) is 44.2. The van der Waals surface area contributed by atoms with Gasteiger partial charge in [-0.05, 0) is 36.8 Å². The number of ether oxygens (including phenoxy) is 2. The van der Waals surface area contributed by atoms with E-state index in [4.69, 9.17) is 38.7 Å². The van der Waals surface area contributed by atoms with Gasteiger partial charge in [0, 0.05) is 27.2 Å². The Morgan fingerprint density at radius 1 is 0.380 bits per heavy atom. The fraction of sp³-hybridized carbons (Fsp3) is 0.700. The molecule has 0 aliphatic carbocycles. The molecule has 0 spiro atoms. The minimum atomic E-state index is 0.236. The lowest BCUT2D eigenvalue weighted by Crippen LogP contribution is -2.23. The molecule has 0 aromatic heterocycles. The van der Waals surface area contributed by atoms with Crippen LogP contribution in [0.4, 0.5) is 0 Å². The first-order chi connectivity index (χ1) is 24.7. The summed E-state index contributed by atoms with van der Waals surface area (Å²) in [7, 11) is 3.91. The number of rotatable bonds is 37. The third kappa shape index (κ3) is 28.7. The van der Waals surface area contributed by atoms with Gasteiger partial charge in [-0.25, -0.2) is 19.6 Å². The van der Waals surface area contributed by atoms with E-state index in [1.807, 2.05) is 84.9 Å². The van der Waals surface area contributed by atoms with Gasteiger partial charge in [0.1, 0.15) is 13.2 Å². The molecule has 0 N–H and O–H groups in total. The molecule has 0 aliphatic heterocycles. The monoisotopic (exact) mass is 704 g/mol. The van der Waals surface area contributed by atoms with E-state index in [1.54, 1.807) is 0 Å². The molecule has 2 rings (SSSR count). The van der Waals surface area contributed by atoms with Crippen LogP contribution in [0.5, 0.6) is 0 Å². The second-order valence-electron chi connectivity index (χ2n) is 12.8. The molecule has 0 atom stereocenters. The van der Waals surface area contributed by atoms with Gasteiger partial charge in [-0.15, -0.1) is 0 Å². The molecule has 0 fully saturated rings. The lowest BCUT2D eigenvalue weighted by molar-refractivity contribution is -0.304. The number of unbranched alkanes of at least 4 members (excludes halogenated alkanes) is 14. The summed E-state index contributed by atoms with van der Waals surface area (Å²) in [5.41, 5.74) is 2.26. The molecular formula is C40H68N2O8. The van der Waals surface area contributed by atoms with Crippen LogP contribution in [0.3, 0.4) is 0 Å². The Labute approximate surface area is 303 Å². The molecule has 2 aromatic carbocycles. The van der Waals surface area contributed by atoms with Gasteiger partial charge in [0.2, 0.25) is 0 Å². The molecule has 2 aromatic rings. The van der Waals surface area contributed by atoms with Crippen LogP contribution in [-0.2, 0) is 51.9 Å². The summed E-state index contributed by atoms with van der Waals surface area (Å²) < 4.78 is 11.0. The fourth-order valence-corrected chi connectivity index (χ4v) is 5.22. The van der Waals surface area contributed by atoms with Gasteiger partial charge in [-0.1, -0.05) is 138 Å². The maximum absolute atomic E-state index is 5.62. The molecular weight excluding hydrogens is 636 g/mol. The average molecular weight is 705 g/mol. The quantitative estimate of drug-likeness (QED) is 0.0294. The molecule has 0 amide bonds. The first-order valence-electron chi connectivity index (χ1n) is 19.1. The maximum Gasteiger partial charge on any atom is 0.167 e. The SMILES string of the molecule is CN(CCCCCCCCCCOOCc1ccccc1)OCOCCOCON(C)CCCCCCCCCCOOCc1ccccc1. The predicted octanol–water partition coefficient (Wildman–Crippen LogP) is 9.20. The van der Waals surface area contributed by atoms with E-state index in [2.05, 4.69) is 0 Å². The van der Waals surface area contributed by atoms with Crippen molar-refractivity contribution in [3.63, 3.8) is 0 Å². The second-order valence-corrected chi connectivity index (χ2v) is 12.8. The number of nitrogens with zero attached hydrogens (tertiary/aromatic N) is 2. The predicted molar refractivity (Wildman–Crippen MR) is 197 cm³/mol. The van der Waals surface area contributed by atoms with Crippen molar-refractivity contribution < 1.29 is 38.7 Å². The van der Waals surface area contributed by atoms with Crippen LogP contribution in [0.15, 0.2) is 60.7 Å². The van der Waals surface area contributed by atoms with Crippen molar-refractivity contribution in [1.29, 1.82) is 0 Å². The van der Waals surface area contributed by atoms with Gasteiger partial charge < -0.3 is 9.47 Å². The van der Waals surface area contributed by atoms with E-state index >= 15 is 0 Å². The Bertz CT molecular complexity index is 881. The third-order valence-electron chi connectivity index (χ3n) is 8.29. The van der Waals surface area contributed by atoms with Crippen LogP contribution in [0, 0.1) is 0 Å². The van der Waals surface area contributed by atoms with Crippen LogP contribution in [-0.4, -0.2) is 77.3 Å². The molecule has 286 valence electrons. The summed E-state index contributed by atoms with van der Waals surface area (Å²) in [5.74, 6) is 0. The Hall–Kier alpha value is -1.96. The largest absolute Gasteiger partial charge is 0.351 e. The van der Waals surface area contributed by atoms with E-state index in [1.165, 1.54) is 77.0 Å². The zero-order valence-corrected chi connectivity index (χ0v) is 31.3. The topological polar surface area (TPSA) is 80.3 Å². The Morgan fingerprint density at radius 2 is 0.720 bits per heavy atom. The second kappa shape index (κ2) is 34.1. The molecule has 0 aliphatic rings.